The van der Waals surface area contributed by atoms with E-state index in [0.717, 1.165) is 47.9 Å². The standard InChI is InChI=1S/C16H27N5/c1-7-9-13-18-14(15(17)21(13)16(3,4)5)11-10-20(6)19-12(11)8-2/h10H,7-9,17H2,1-6H3. The lowest BCUT2D eigenvalue weighted by Crippen LogP contribution is -2.25. The van der Waals surface area contributed by atoms with Crippen LogP contribution in [0.1, 0.15) is 52.6 Å². The number of aromatic nitrogens is 4. The maximum Gasteiger partial charge on any atom is 0.132 e. The topological polar surface area (TPSA) is 61.7 Å². The second-order valence-corrected chi connectivity index (χ2v) is 6.53. The van der Waals surface area contributed by atoms with Gasteiger partial charge in [0.15, 0.2) is 0 Å². The minimum Gasteiger partial charge on any atom is -0.383 e. The molecule has 5 heteroatoms. The van der Waals surface area contributed by atoms with E-state index in [1.54, 1.807) is 0 Å². The molecule has 0 amide bonds. The molecule has 0 saturated carbocycles. The van der Waals surface area contributed by atoms with Gasteiger partial charge in [-0.3, -0.25) is 4.68 Å². The van der Waals surface area contributed by atoms with Gasteiger partial charge in [-0.2, -0.15) is 5.10 Å². The number of imidazole rings is 1. The fraction of sp³-hybridized carbons (Fsp3) is 0.625. The van der Waals surface area contributed by atoms with Crippen LogP contribution in [0.15, 0.2) is 6.20 Å². The Morgan fingerprint density at radius 1 is 1.24 bits per heavy atom. The van der Waals surface area contributed by atoms with Crippen molar-refractivity contribution in [3.05, 3.63) is 17.7 Å². The van der Waals surface area contributed by atoms with Gasteiger partial charge in [-0.15, -0.1) is 0 Å². The van der Waals surface area contributed by atoms with E-state index >= 15 is 0 Å². The molecule has 0 aliphatic heterocycles. The number of anilines is 1. The minimum absolute atomic E-state index is 0.0750. The van der Waals surface area contributed by atoms with E-state index in [9.17, 15) is 0 Å². The Labute approximate surface area is 127 Å². The highest BCUT2D eigenvalue weighted by Crippen LogP contribution is 2.33. The van der Waals surface area contributed by atoms with Crippen LogP contribution < -0.4 is 5.73 Å². The Bertz CT molecular complexity index is 628. The highest BCUT2D eigenvalue weighted by atomic mass is 15.3. The van der Waals surface area contributed by atoms with Gasteiger partial charge in [0.25, 0.3) is 0 Å². The SMILES string of the molecule is CCCc1nc(-c2cn(C)nc2CC)c(N)n1C(C)(C)C. The van der Waals surface area contributed by atoms with E-state index in [4.69, 9.17) is 10.7 Å². The average Bonchev–Trinajstić information content (AvgIpc) is 2.89. The van der Waals surface area contributed by atoms with Gasteiger partial charge in [-0.05, 0) is 33.6 Å². The van der Waals surface area contributed by atoms with E-state index in [1.165, 1.54) is 0 Å². The molecule has 2 heterocycles. The Morgan fingerprint density at radius 3 is 2.43 bits per heavy atom. The monoisotopic (exact) mass is 289 g/mol. The summed E-state index contributed by atoms with van der Waals surface area (Å²) in [6.45, 7) is 10.8. The van der Waals surface area contributed by atoms with Crippen molar-refractivity contribution in [1.29, 1.82) is 0 Å². The van der Waals surface area contributed by atoms with Crippen molar-refractivity contribution in [3.63, 3.8) is 0 Å². The number of nitrogens with zero attached hydrogens (tertiary/aromatic N) is 4. The van der Waals surface area contributed by atoms with Gasteiger partial charge in [-0.1, -0.05) is 13.8 Å². The van der Waals surface area contributed by atoms with Gasteiger partial charge >= 0.3 is 0 Å². The Balaban J connectivity index is 2.65. The largest absolute Gasteiger partial charge is 0.383 e. The lowest BCUT2D eigenvalue weighted by molar-refractivity contribution is 0.387. The predicted molar refractivity (Wildman–Crippen MR) is 87.2 cm³/mol. The van der Waals surface area contributed by atoms with Crippen LogP contribution in [-0.4, -0.2) is 19.3 Å². The van der Waals surface area contributed by atoms with Gasteiger partial charge in [0.2, 0.25) is 0 Å². The van der Waals surface area contributed by atoms with Crippen molar-refractivity contribution < 1.29 is 0 Å². The van der Waals surface area contributed by atoms with Crippen molar-refractivity contribution in [2.75, 3.05) is 5.73 Å². The molecule has 2 aromatic heterocycles. The van der Waals surface area contributed by atoms with Crippen molar-refractivity contribution in [2.24, 2.45) is 7.05 Å². The molecular formula is C16H27N5. The summed E-state index contributed by atoms with van der Waals surface area (Å²) in [6, 6.07) is 0. The molecule has 0 aromatic carbocycles. The highest BCUT2D eigenvalue weighted by molar-refractivity contribution is 5.72. The van der Waals surface area contributed by atoms with Crippen molar-refractivity contribution in [3.8, 4) is 11.3 Å². The first-order valence-corrected chi connectivity index (χ1v) is 7.70. The molecule has 0 fully saturated rings. The van der Waals surface area contributed by atoms with Crippen LogP contribution in [-0.2, 0) is 25.4 Å². The second-order valence-electron chi connectivity index (χ2n) is 6.53. The van der Waals surface area contributed by atoms with Crippen LogP contribution in [0.4, 0.5) is 5.82 Å². The molecule has 0 unspecified atom stereocenters. The van der Waals surface area contributed by atoms with Gasteiger partial charge in [-0.25, -0.2) is 4.98 Å². The quantitative estimate of drug-likeness (QED) is 0.940. The highest BCUT2D eigenvalue weighted by Gasteiger charge is 2.25. The average molecular weight is 289 g/mol. The number of nitrogens with two attached hydrogens (primary N) is 1. The summed E-state index contributed by atoms with van der Waals surface area (Å²) in [7, 11) is 1.94. The number of aryl methyl sites for hydroxylation is 3. The van der Waals surface area contributed by atoms with Gasteiger partial charge in [0.1, 0.15) is 17.3 Å². The number of hydrogen-bond acceptors (Lipinski definition) is 3. The molecule has 0 bridgehead atoms. The van der Waals surface area contributed by atoms with E-state index in [-0.39, 0.29) is 5.54 Å². The molecule has 5 nitrogen and oxygen atoms in total. The van der Waals surface area contributed by atoms with Gasteiger partial charge in [0, 0.05) is 30.8 Å². The summed E-state index contributed by atoms with van der Waals surface area (Å²) < 4.78 is 4.00. The molecule has 2 N–H and O–H groups in total. The van der Waals surface area contributed by atoms with Crippen LogP contribution >= 0.6 is 0 Å². The third-order valence-electron chi connectivity index (χ3n) is 3.62. The fourth-order valence-electron chi connectivity index (χ4n) is 2.81. The van der Waals surface area contributed by atoms with Crippen LogP contribution in [0.2, 0.25) is 0 Å². The third-order valence-corrected chi connectivity index (χ3v) is 3.62. The van der Waals surface area contributed by atoms with E-state index < -0.39 is 0 Å². The Hall–Kier alpha value is -1.78. The van der Waals surface area contributed by atoms with E-state index in [2.05, 4.69) is 44.3 Å². The lowest BCUT2D eigenvalue weighted by atomic mass is 10.1. The summed E-state index contributed by atoms with van der Waals surface area (Å²) in [5.41, 5.74) is 9.35. The van der Waals surface area contributed by atoms with Crippen molar-refractivity contribution >= 4 is 5.82 Å². The molecule has 2 rings (SSSR count). The lowest BCUT2D eigenvalue weighted by Gasteiger charge is -2.25. The Kier molecular flexibility index (Phi) is 4.12. The van der Waals surface area contributed by atoms with Gasteiger partial charge in [0.05, 0.1) is 5.69 Å². The summed E-state index contributed by atoms with van der Waals surface area (Å²) in [4.78, 5) is 4.84. The maximum absolute atomic E-state index is 6.45. The summed E-state index contributed by atoms with van der Waals surface area (Å²) in [5.74, 6) is 1.80. The second kappa shape index (κ2) is 5.54. The number of nitrogen functional groups attached to an aromatic ring is 1. The molecule has 0 aliphatic carbocycles. The molecule has 0 radical (unpaired) electrons. The predicted octanol–water partition coefficient (Wildman–Crippen LogP) is 3.14. The smallest absolute Gasteiger partial charge is 0.132 e. The normalized spacial score (nSPS) is 12.1. The van der Waals surface area contributed by atoms with Crippen molar-refractivity contribution in [2.45, 2.75) is 59.4 Å². The van der Waals surface area contributed by atoms with Crippen LogP contribution in [0.3, 0.4) is 0 Å². The zero-order valence-corrected chi connectivity index (χ0v) is 14.1. The zero-order chi connectivity index (χ0) is 15.8. The molecular weight excluding hydrogens is 262 g/mol. The van der Waals surface area contributed by atoms with E-state index in [0.29, 0.717) is 0 Å². The molecule has 116 valence electrons. The molecule has 0 spiro atoms. The minimum atomic E-state index is -0.0750. The van der Waals surface area contributed by atoms with Crippen LogP contribution in [0.5, 0.6) is 0 Å². The summed E-state index contributed by atoms with van der Waals surface area (Å²) >= 11 is 0. The van der Waals surface area contributed by atoms with E-state index in [1.807, 2.05) is 17.9 Å². The maximum atomic E-state index is 6.45. The fourth-order valence-corrected chi connectivity index (χ4v) is 2.81. The first-order chi connectivity index (χ1) is 9.79. The first-order valence-electron chi connectivity index (χ1n) is 7.70. The number of rotatable bonds is 4. The molecule has 0 aliphatic rings. The third kappa shape index (κ3) is 2.82. The van der Waals surface area contributed by atoms with Crippen LogP contribution in [0.25, 0.3) is 11.3 Å². The molecule has 0 atom stereocenters. The summed E-state index contributed by atoms with van der Waals surface area (Å²) in [6.07, 6.45) is 4.88. The number of hydrogen-bond donors (Lipinski definition) is 1. The Morgan fingerprint density at radius 2 is 1.90 bits per heavy atom. The summed E-state index contributed by atoms with van der Waals surface area (Å²) in [5, 5.41) is 4.51. The van der Waals surface area contributed by atoms with Crippen LogP contribution in [0, 0.1) is 0 Å². The van der Waals surface area contributed by atoms with Crippen molar-refractivity contribution in [1.82, 2.24) is 19.3 Å². The molecule has 2 aromatic rings. The zero-order valence-electron chi connectivity index (χ0n) is 14.1. The molecule has 21 heavy (non-hydrogen) atoms. The first kappa shape index (κ1) is 15.6. The molecule has 0 saturated heterocycles. The van der Waals surface area contributed by atoms with Gasteiger partial charge < -0.3 is 10.3 Å².